The maximum absolute atomic E-state index is 13.6. The molecule has 2 rings (SSSR count). The summed E-state index contributed by atoms with van der Waals surface area (Å²) in [6, 6.07) is 2.74. The largest absolute Gasteiger partial charge is 0.409 e. The normalized spacial score (nSPS) is 11.6. The third-order valence-corrected chi connectivity index (χ3v) is 2.56. The van der Waals surface area contributed by atoms with Crippen molar-refractivity contribution < 1.29 is 14.0 Å². The van der Waals surface area contributed by atoms with Crippen LogP contribution in [0, 0.1) is 23.0 Å². The smallest absolute Gasteiger partial charge is 0.198 e. The predicted octanol–water partition coefficient (Wildman–Crippen LogP) is 1.06. The molecule has 5 N–H and O–H groups in total. The van der Waals surface area contributed by atoms with Gasteiger partial charge >= 0.3 is 0 Å². The van der Waals surface area contributed by atoms with Gasteiger partial charge in [-0.05, 0) is 6.07 Å². The molecule has 0 aliphatic heterocycles. The van der Waals surface area contributed by atoms with Crippen LogP contribution in [-0.2, 0) is 0 Å². The number of imidazole rings is 1. The van der Waals surface area contributed by atoms with Crippen molar-refractivity contribution in [2.24, 2.45) is 5.16 Å². The molecule has 0 fully saturated rings. The number of amidine groups is 1. The van der Waals surface area contributed by atoms with Gasteiger partial charge in [-0.2, -0.15) is 5.26 Å². The molecule has 1 aromatic heterocycles. The highest BCUT2D eigenvalue weighted by molar-refractivity contribution is 6.08. The van der Waals surface area contributed by atoms with Crippen molar-refractivity contribution in [2.75, 3.05) is 12.3 Å². The molecule has 1 aromatic carbocycles. The van der Waals surface area contributed by atoms with Gasteiger partial charge in [0.25, 0.3) is 0 Å². The van der Waals surface area contributed by atoms with Crippen molar-refractivity contribution in [2.45, 2.75) is 6.42 Å². The maximum Gasteiger partial charge on any atom is 0.198 e. The van der Waals surface area contributed by atoms with Crippen LogP contribution in [0.5, 0.6) is 0 Å². The van der Waals surface area contributed by atoms with E-state index in [0.717, 1.165) is 6.07 Å². The van der Waals surface area contributed by atoms with E-state index in [1.54, 1.807) is 0 Å². The van der Waals surface area contributed by atoms with Crippen LogP contribution in [0.25, 0.3) is 11.0 Å². The molecule has 7 nitrogen and oxygen atoms in total. The number of halogens is 2. The van der Waals surface area contributed by atoms with Crippen LogP contribution in [0.15, 0.2) is 11.2 Å². The highest BCUT2D eigenvalue weighted by Gasteiger charge is 2.19. The summed E-state index contributed by atoms with van der Waals surface area (Å²) in [6.45, 7) is 0.181. The molecule has 2 aromatic rings. The molecule has 0 saturated heterocycles. The minimum atomic E-state index is -1.15. The lowest BCUT2D eigenvalue weighted by atomic mass is 10.1. The number of rotatable bonds is 3. The van der Waals surface area contributed by atoms with Crippen LogP contribution in [0.4, 0.5) is 14.7 Å². The third kappa shape index (κ3) is 2.31. The van der Waals surface area contributed by atoms with Gasteiger partial charge < -0.3 is 21.2 Å². The Morgan fingerprint density at radius 2 is 2.35 bits per heavy atom. The third-order valence-electron chi connectivity index (χ3n) is 2.56. The zero-order chi connectivity index (χ0) is 14.7. The molecule has 0 aliphatic carbocycles. The Hall–Kier alpha value is -2.89. The number of anilines is 1. The Kier molecular flexibility index (Phi) is 3.65. The topological polar surface area (TPSA) is 123 Å². The number of nitrogens with zero attached hydrogens (tertiary/aromatic N) is 3. The fourth-order valence-corrected chi connectivity index (χ4v) is 1.73. The number of aromatic nitrogens is 2. The fourth-order valence-electron chi connectivity index (χ4n) is 1.73. The van der Waals surface area contributed by atoms with E-state index in [2.05, 4.69) is 20.4 Å². The lowest BCUT2D eigenvalue weighted by Crippen LogP contribution is -2.26. The van der Waals surface area contributed by atoms with Gasteiger partial charge in [-0.1, -0.05) is 5.16 Å². The van der Waals surface area contributed by atoms with E-state index in [1.165, 1.54) is 0 Å². The summed E-state index contributed by atoms with van der Waals surface area (Å²) in [5, 5.41) is 23.0. The van der Waals surface area contributed by atoms with Gasteiger partial charge in [0.05, 0.1) is 18.0 Å². The van der Waals surface area contributed by atoms with Gasteiger partial charge in [0.1, 0.15) is 5.52 Å². The van der Waals surface area contributed by atoms with Crippen LogP contribution in [0.1, 0.15) is 12.0 Å². The first kappa shape index (κ1) is 13.5. The maximum atomic E-state index is 13.6. The van der Waals surface area contributed by atoms with Gasteiger partial charge in [0.15, 0.2) is 23.4 Å². The van der Waals surface area contributed by atoms with Crippen LogP contribution >= 0.6 is 0 Å². The Morgan fingerprint density at radius 1 is 1.60 bits per heavy atom. The average Bonchev–Trinajstić information content (AvgIpc) is 2.82. The first-order chi connectivity index (χ1) is 9.58. The molecule has 20 heavy (non-hydrogen) atoms. The SMILES string of the molecule is N#CCCNC(=NO)c1cc(F)c(F)c2nc(N)[nH]c12. The average molecular weight is 280 g/mol. The summed E-state index contributed by atoms with van der Waals surface area (Å²) in [5.41, 5.74) is 5.28. The summed E-state index contributed by atoms with van der Waals surface area (Å²) < 4.78 is 27.1. The Labute approximate surface area is 111 Å². The lowest BCUT2D eigenvalue weighted by Gasteiger charge is -2.08. The quantitative estimate of drug-likeness (QED) is 0.220. The minimum Gasteiger partial charge on any atom is -0.409 e. The van der Waals surface area contributed by atoms with Gasteiger partial charge in [-0.25, -0.2) is 13.8 Å². The molecule has 1 heterocycles. The van der Waals surface area contributed by atoms with Gasteiger partial charge in [-0.3, -0.25) is 0 Å². The predicted molar refractivity (Wildman–Crippen MR) is 67.0 cm³/mol. The second-order valence-corrected chi connectivity index (χ2v) is 3.85. The Bertz CT molecular complexity index is 718. The number of H-pyrrole nitrogens is 1. The molecule has 0 bridgehead atoms. The van der Waals surface area contributed by atoms with Crippen molar-refractivity contribution in [3.63, 3.8) is 0 Å². The molecule has 0 saturated carbocycles. The number of nitrogens with two attached hydrogens (primary N) is 1. The number of hydrogen-bond acceptors (Lipinski definition) is 5. The van der Waals surface area contributed by atoms with Crippen LogP contribution in [0.3, 0.4) is 0 Å². The highest BCUT2D eigenvalue weighted by atomic mass is 19.2. The molecular weight excluding hydrogens is 270 g/mol. The molecule has 0 aliphatic rings. The van der Waals surface area contributed by atoms with E-state index in [1.807, 2.05) is 6.07 Å². The van der Waals surface area contributed by atoms with E-state index in [-0.39, 0.29) is 41.3 Å². The van der Waals surface area contributed by atoms with Gasteiger partial charge in [0.2, 0.25) is 0 Å². The number of aromatic amines is 1. The number of nitrogen functional groups attached to an aromatic ring is 1. The zero-order valence-corrected chi connectivity index (χ0v) is 10.1. The van der Waals surface area contributed by atoms with E-state index in [4.69, 9.17) is 16.2 Å². The number of nitrogens with one attached hydrogen (secondary N) is 2. The lowest BCUT2D eigenvalue weighted by molar-refractivity contribution is 0.317. The molecule has 0 spiro atoms. The van der Waals surface area contributed by atoms with Gasteiger partial charge in [0, 0.05) is 12.1 Å². The van der Waals surface area contributed by atoms with E-state index in [0.29, 0.717) is 0 Å². The summed E-state index contributed by atoms with van der Waals surface area (Å²) in [4.78, 5) is 6.20. The van der Waals surface area contributed by atoms with E-state index in [9.17, 15) is 8.78 Å². The minimum absolute atomic E-state index is 0.0588. The summed E-state index contributed by atoms with van der Waals surface area (Å²) >= 11 is 0. The second-order valence-electron chi connectivity index (χ2n) is 3.85. The number of hydrogen-bond donors (Lipinski definition) is 4. The summed E-state index contributed by atoms with van der Waals surface area (Å²) in [7, 11) is 0. The molecule has 0 atom stereocenters. The Morgan fingerprint density at radius 3 is 3.00 bits per heavy atom. The molecule has 0 radical (unpaired) electrons. The number of fused-ring (bicyclic) bond motifs is 1. The van der Waals surface area contributed by atoms with Crippen molar-refractivity contribution in [1.82, 2.24) is 15.3 Å². The summed E-state index contributed by atoms with van der Waals surface area (Å²) in [6.07, 6.45) is 0.150. The summed E-state index contributed by atoms with van der Waals surface area (Å²) in [5.74, 6) is -2.51. The molecular formula is C11H10F2N6O. The first-order valence-electron chi connectivity index (χ1n) is 5.55. The first-order valence-corrected chi connectivity index (χ1v) is 5.55. The highest BCUT2D eigenvalue weighted by Crippen LogP contribution is 2.23. The Balaban J connectivity index is 2.53. The molecule has 0 amide bonds. The van der Waals surface area contributed by atoms with Crippen molar-refractivity contribution in [1.29, 1.82) is 5.26 Å². The molecule has 104 valence electrons. The van der Waals surface area contributed by atoms with Crippen molar-refractivity contribution in [3.05, 3.63) is 23.3 Å². The molecule has 0 unspecified atom stereocenters. The van der Waals surface area contributed by atoms with E-state index >= 15 is 0 Å². The zero-order valence-electron chi connectivity index (χ0n) is 10.1. The number of nitriles is 1. The fraction of sp³-hybridized carbons (Fsp3) is 0.182. The number of oxime groups is 1. The monoisotopic (exact) mass is 280 g/mol. The van der Waals surface area contributed by atoms with Gasteiger partial charge in [-0.15, -0.1) is 0 Å². The molecule has 9 heteroatoms. The van der Waals surface area contributed by atoms with Crippen LogP contribution in [0.2, 0.25) is 0 Å². The van der Waals surface area contributed by atoms with Crippen molar-refractivity contribution >= 4 is 22.8 Å². The van der Waals surface area contributed by atoms with E-state index < -0.39 is 11.6 Å². The van der Waals surface area contributed by atoms with Crippen molar-refractivity contribution in [3.8, 4) is 6.07 Å². The van der Waals surface area contributed by atoms with Crippen LogP contribution < -0.4 is 11.1 Å². The second kappa shape index (κ2) is 5.40. The standard InChI is InChI=1S/C11H10F2N6O/c12-6-4-5(10(19-20)16-3-1-2-14)8-9(7(6)13)18-11(15)17-8/h4,20H,1,3H2,(H,16,19)(H3,15,17,18). The van der Waals surface area contributed by atoms with Crippen LogP contribution in [-0.4, -0.2) is 27.6 Å². The number of benzene rings is 1.